The van der Waals surface area contributed by atoms with Gasteiger partial charge in [0.1, 0.15) is 16.9 Å². The van der Waals surface area contributed by atoms with E-state index in [1.807, 2.05) is 20.9 Å². The fraction of sp³-hybridized carbons (Fsp3) is 0.529. The summed E-state index contributed by atoms with van der Waals surface area (Å²) in [5, 5.41) is 19.6. The van der Waals surface area contributed by atoms with Crippen LogP contribution in [0.25, 0.3) is 10.2 Å². The highest BCUT2D eigenvalue weighted by Gasteiger charge is 2.28. The normalized spacial score (nSPS) is 14.7. The van der Waals surface area contributed by atoms with E-state index in [1.54, 1.807) is 17.7 Å². The summed E-state index contributed by atoms with van der Waals surface area (Å²) < 4.78 is 1.71. The first kappa shape index (κ1) is 19.9. The summed E-state index contributed by atoms with van der Waals surface area (Å²) in [5.74, 6) is -2.19. The quantitative estimate of drug-likeness (QED) is 0.676. The highest BCUT2D eigenvalue weighted by Crippen LogP contribution is 2.27. The number of hydrogen-bond acceptors (Lipinski definition) is 5. The lowest BCUT2D eigenvalue weighted by Gasteiger charge is -2.22. The van der Waals surface area contributed by atoms with Crippen LogP contribution >= 0.6 is 11.3 Å². The largest absolute Gasteiger partial charge is 0.480 e. The number of aryl methyl sites for hydroxylation is 2. The molecule has 2 rings (SSSR count). The smallest absolute Gasteiger partial charge is 0.326 e. The van der Waals surface area contributed by atoms with Crippen LogP contribution < -0.4 is 10.6 Å². The molecule has 0 fully saturated rings. The molecule has 0 bridgehead atoms. The molecule has 3 N–H and O–H groups in total. The van der Waals surface area contributed by atoms with Gasteiger partial charge in [0.2, 0.25) is 5.91 Å². The molecule has 0 saturated carbocycles. The molecule has 2 aromatic rings. The molecule has 0 saturated heterocycles. The summed E-state index contributed by atoms with van der Waals surface area (Å²) in [7, 11) is 1.81. The fourth-order valence-electron chi connectivity index (χ4n) is 2.61. The third-order valence-electron chi connectivity index (χ3n) is 4.44. The van der Waals surface area contributed by atoms with Gasteiger partial charge in [0.15, 0.2) is 0 Å². The standard InChI is InChI=1S/C17H24N4O4S/c1-6-8(2)13(17(24)25)19-14(22)10(4)18-15(23)12-7-11-9(3)20-21(5)16(11)26-12/h7-8,10,13H,6H2,1-5H3,(H,18,23)(H,19,22)(H,24,25)/t8-,10?,13-/m0/s1. The zero-order chi connectivity index (χ0) is 19.6. The van der Waals surface area contributed by atoms with Crippen molar-refractivity contribution >= 4 is 39.3 Å². The molecule has 0 aliphatic heterocycles. The van der Waals surface area contributed by atoms with Crippen LogP contribution in [0.5, 0.6) is 0 Å². The molecule has 2 heterocycles. The van der Waals surface area contributed by atoms with Gasteiger partial charge in [0.25, 0.3) is 5.91 Å². The summed E-state index contributed by atoms with van der Waals surface area (Å²) in [4.78, 5) is 37.4. The maximum absolute atomic E-state index is 12.4. The number of thiophene rings is 1. The Labute approximate surface area is 155 Å². The molecule has 1 unspecified atom stereocenters. The second-order valence-corrected chi connectivity index (χ2v) is 7.47. The predicted molar refractivity (Wildman–Crippen MR) is 99.3 cm³/mol. The Morgan fingerprint density at radius 1 is 1.31 bits per heavy atom. The van der Waals surface area contributed by atoms with Crippen molar-refractivity contribution < 1.29 is 19.5 Å². The van der Waals surface area contributed by atoms with Crippen LogP contribution in [0.3, 0.4) is 0 Å². The van der Waals surface area contributed by atoms with E-state index < -0.39 is 24.0 Å². The molecule has 0 radical (unpaired) electrons. The molecule has 0 spiro atoms. The first-order chi connectivity index (χ1) is 12.1. The van der Waals surface area contributed by atoms with E-state index in [1.165, 1.54) is 18.3 Å². The average Bonchev–Trinajstić information content (AvgIpc) is 3.13. The number of rotatable bonds is 7. The Morgan fingerprint density at radius 3 is 2.50 bits per heavy atom. The van der Waals surface area contributed by atoms with Crippen molar-refractivity contribution in [3.05, 3.63) is 16.6 Å². The number of aliphatic carboxylic acids is 1. The van der Waals surface area contributed by atoms with Crippen LogP contribution in [0.15, 0.2) is 6.07 Å². The van der Waals surface area contributed by atoms with Crippen LogP contribution in [0, 0.1) is 12.8 Å². The van der Waals surface area contributed by atoms with Crippen LogP contribution in [0.4, 0.5) is 0 Å². The fourth-order valence-corrected chi connectivity index (χ4v) is 3.64. The summed E-state index contributed by atoms with van der Waals surface area (Å²) >= 11 is 1.30. The third-order valence-corrected chi connectivity index (χ3v) is 5.64. The van der Waals surface area contributed by atoms with Crippen LogP contribution in [0.2, 0.25) is 0 Å². The maximum Gasteiger partial charge on any atom is 0.326 e. The van der Waals surface area contributed by atoms with E-state index >= 15 is 0 Å². The van der Waals surface area contributed by atoms with Gasteiger partial charge >= 0.3 is 5.97 Å². The molecule has 2 amide bonds. The van der Waals surface area contributed by atoms with Gasteiger partial charge in [-0.2, -0.15) is 5.10 Å². The van der Waals surface area contributed by atoms with E-state index in [0.717, 1.165) is 15.9 Å². The molecule has 9 heteroatoms. The summed E-state index contributed by atoms with van der Waals surface area (Å²) in [6, 6.07) is -0.0793. The first-order valence-electron chi connectivity index (χ1n) is 8.42. The maximum atomic E-state index is 12.4. The van der Waals surface area contributed by atoms with Crippen molar-refractivity contribution in [1.82, 2.24) is 20.4 Å². The molecule has 0 aromatic carbocycles. The van der Waals surface area contributed by atoms with Crippen molar-refractivity contribution in [2.24, 2.45) is 13.0 Å². The van der Waals surface area contributed by atoms with Gasteiger partial charge in [-0.25, -0.2) is 4.79 Å². The van der Waals surface area contributed by atoms with E-state index in [9.17, 15) is 19.5 Å². The number of carboxylic acid groups (broad SMARTS) is 1. The predicted octanol–water partition coefficient (Wildman–Crippen LogP) is 1.68. The third kappa shape index (κ3) is 4.04. The van der Waals surface area contributed by atoms with Gasteiger partial charge in [-0.05, 0) is 25.8 Å². The Hall–Kier alpha value is -2.42. The zero-order valence-corrected chi connectivity index (χ0v) is 16.3. The Balaban J connectivity index is 2.06. The number of carbonyl (C=O) groups excluding carboxylic acids is 2. The van der Waals surface area contributed by atoms with Crippen LogP contribution in [-0.2, 0) is 16.6 Å². The number of nitrogens with one attached hydrogen (secondary N) is 2. The molecule has 0 aliphatic rings. The van der Waals surface area contributed by atoms with E-state index in [0.29, 0.717) is 11.3 Å². The molecule has 26 heavy (non-hydrogen) atoms. The lowest BCUT2D eigenvalue weighted by Crippen LogP contribution is -2.52. The summed E-state index contributed by atoms with van der Waals surface area (Å²) in [6.45, 7) is 7.02. The molecule has 142 valence electrons. The topological polar surface area (TPSA) is 113 Å². The van der Waals surface area contributed by atoms with Gasteiger partial charge in [-0.15, -0.1) is 11.3 Å². The van der Waals surface area contributed by atoms with Gasteiger partial charge in [0.05, 0.1) is 10.6 Å². The van der Waals surface area contributed by atoms with Crippen molar-refractivity contribution in [2.45, 2.75) is 46.2 Å². The number of carbonyl (C=O) groups is 3. The molecule has 2 aromatic heterocycles. The lowest BCUT2D eigenvalue weighted by molar-refractivity contribution is -0.143. The highest BCUT2D eigenvalue weighted by atomic mass is 32.1. The van der Waals surface area contributed by atoms with Crippen molar-refractivity contribution in [3.63, 3.8) is 0 Å². The first-order valence-corrected chi connectivity index (χ1v) is 9.24. The van der Waals surface area contributed by atoms with Gasteiger partial charge < -0.3 is 15.7 Å². The minimum Gasteiger partial charge on any atom is -0.480 e. The van der Waals surface area contributed by atoms with Crippen LogP contribution in [0.1, 0.15) is 42.6 Å². The SMILES string of the molecule is CC[C@H](C)[C@H](NC(=O)C(C)NC(=O)c1cc2c(C)nn(C)c2s1)C(=O)O. The van der Waals surface area contributed by atoms with E-state index in [-0.39, 0.29) is 11.8 Å². The second kappa shape index (κ2) is 7.86. The average molecular weight is 380 g/mol. The number of fused-ring (bicyclic) bond motifs is 1. The number of carboxylic acids is 1. The zero-order valence-electron chi connectivity index (χ0n) is 15.5. The molecular formula is C17H24N4O4S. The van der Waals surface area contributed by atoms with E-state index in [2.05, 4.69) is 15.7 Å². The second-order valence-electron chi connectivity index (χ2n) is 6.44. The lowest BCUT2D eigenvalue weighted by atomic mass is 9.99. The minimum absolute atomic E-state index is 0.211. The number of hydrogen-bond donors (Lipinski definition) is 3. The molecular weight excluding hydrogens is 356 g/mol. The monoisotopic (exact) mass is 380 g/mol. The van der Waals surface area contributed by atoms with E-state index in [4.69, 9.17) is 0 Å². The Morgan fingerprint density at radius 2 is 1.96 bits per heavy atom. The summed E-state index contributed by atoms with van der Waals surface area (Å²) in [5.41, 5.74) is 0.835. The van der Waals surface area contributed by atoms with Crippen LogP contribution in [-0.4, -0.2) is 44.8 Å². The number of amides is 2. The Bertz CT molecular complexity index is 807. The van der Waals surface area contributed by atoms with Crippen molar-refractivity contribution in [2.75, 3.05) is 0 Å². The Kier molecular flexibility index (Phi) is 6.01. The molecule has 0 aliphatic carbocycles. The van der Waals surface area contributed by atoms with Crippen molar-refractivity contribution in [3.8, 4) is 0 Å². The minimum atomic E-state index is -1.08. The molecule has 3 atom stereocenters. The number of aromatic nitrogens is 2. The van der Waals surface area contributed by atoms with Crippen molar-refractivity contribution in [1.29, 1.82) is 0 Å². The van der Waals surface area contributed by atoms with Gasteiger partial charge in [-0.3, -0.25) is 14.3 Å². The van der Waals surface area contributed by atoms with Gasteiger partial charge in [0, 0.05) is 12.4 Å². The number of nitrogens with zero attached hydrogens (tertiary/aromatic N) is 2. The summed E-state index contributed by atoms with van der Waals surface area (Å²) in [6.07, 6.45) is 0.618. The molecule has 8 nitrogen and oxygen atoms in total. The highest BCUT2D eigenvalue weighted by molar-refractivity contribution is 7.20. The van der Waals surface area contributed by atoms with Gasteiger partial charge in [-0.1, -0.05) is 20.3 Å².